The SMILES string of the molecule is CC(C)OP(=O)(OC(C)C)C(c1ccccc1)S(=O)(=O)c1ccccn1. The van der Waals surface area contributed by atoms with Crippen LogP contribution in [0.15, 0.2) is 59.8 Å². The number of pyridine rings is 1. The number of benzene rings is 1. The summed E-state index contributed by atoms with van der Waals surface area (Å²) in [6.07, 6.45) is 0.418. The van der Waals surface area contributed by atoms with Gasteiger partial charge in [-0.2, -0.15) is 0 Å². The highest BCUT2D eigenvalue weighted by Crippen LogP contribution is 2.65. The molecule has 0 bridgehead atoms. The van der Waals surface area contributed by atoms with Crippen LogP contribution in [0.5, 0.6) is 0 Å². The van der Waals surface area contributed by atoms with E-state index in [9.17, 15) is 13.0 Å². The van der Waals surface area contributed by atoms with Gasteiger partial charge in [0.2, 0.25) is 9.84 Å². The molecule has 2 aromatic rings. The van der Waals surface area contributed by atoms with E-state index in [0.29, 0.717) is 5.56 Å². The Bertz CT molecular complexity index is 840. The molecule has 0 aliphatic carbocycles. The lowest BCUT2D eigenvalue weighted by Gasteiger charge is -2.29. The lowest BCUT2D eigenvalue weighted by atomic mass is 10.2. The average Bonchev–Trinajstić information content (AvgIpc) is 2.54. The van der Waals surface area contributed by atoms with Gasteiger partial charge in [0, 0.05) is 6.20 Å². The molecule has 0 saturated heterocycles. The van der Waals surface area contributed by atoms with Crippen molar-refractivity contribution in [2.45, 2.75) is 49.9 Å². The molecule has 0 amide bonds. The maximum atomic E-state index is 13.7. The lowest BCUT2D eigenvalue weighted by Crippen LogP contribution is -2.21. The van der Waals surface area contributed by atoms with Crippen LogP contribution in [-0.2, 0) is 23.4 Å². The molecular weight excluding hydrogens is 373 g/mol. The third-order valence-corrected chi connectivity index (χ3v) is 8.91. The zero-order chi connectivity index (χ0) is 19.4. The van der Waals surface area contributed by atoms with Crippen molar-refractivity contribution in [3.63, 3.8) is 0 Å². The minimum Gasteiger partial charge on any atom is -0.305 e. The molecule has 0 aliphatic rings. The van der Waals surface area contributed by atoms with E-state index in [1.54, 1.807) is 70.2 Å². The van der Waals surface area contributed by atoms with E-state index in [-0.39, 0.29) is 5.03 Å². The summed E-state index contributed by atoms with van der Waals surface area (Å²) >= 11 is 0. The number of aromatic nitrogens is 1. The number of hydrogen-bond donors (Lipinski definition) is 0. The zero-order valence-corrected chi connectivity index (χ0v) is 17.0. The first-order valence-electron chi connectivity index (χ1n) is 8.33. The van der Waals surface area contributed by atoms with Crippen LogP contribution in [0.4, 0.5) is 0 Å². The Morgan fingerprint density at radius 3 is 1.88 bits per heavy atom. The Balaban J connectivity index is 2.70. The monoisotopic (exact) mass is 397 g/mol. The largest absolute Gasteiger partial charge is 0.354 e. The van der Waals surface area contributed by atoms with Crippen molar-refractivity contribution in [2.75, 3.05) is 0 Å². The lowest BCUT2D eigenvalue weighted by molar-refractivity contribution is 0.140. The van der Waals surface area contributed by atoms with Crippen molar-refractivity contribution in [3.05, 3.63) is 60.3 Å². The summed E-state index contributed by atoms with van der Waals surface area (Å²) in [4.78, 5) is 2.44. The van der Waals surface area contributed by atoms with Gasteiger partial charge >= 0.3 is 7.60 Å². The molecular formula is C18H24NO5PS. The molecule has 26 heavy (non-hydrogen) atoms. The predicted octanol–water partition coefficient (Wildman–Crippen LogP) is 4.60. The van der Waals surface area contributed by atoms with Crippen molar-refractivity contribution in [1.29, 1.82) is 0 Å². The van der Waals surface area contributed by atoms with Gasteiger partial charge in [0.1, 0.15) is 0 Å². The smallest absolute Gasteiger partial charge is 0.305 e. The van der Waals surface area contributed by atoms with Crippen LogP contribution < -0.4 is 0 Å². The molecule has 0 spiro atoms. The maximum absolute atomic E-state index is 13.7. The summed E-state index contributed by atoms with van der Waals surface area (Å²) in [7, 11) is -8.21. The van der Waals surface area contributed by atoms with Gasteiger partial charge in [-0.15, -0.1) is 0 Å². The van der Waals surface area contributed by atoms with Crippen LogP contribution >= 0.6 is 7.60 Å². The van der Waals surface area contributed by atoms with Crippen LogP contribution in [0.2, 0.25) is 0 Å². The number of rotatable bonds is 8. The zero-order valence-electron chi connectivity index (χ0n) is 15.3. The number of hydrogen-bond acceptors (Lipinski definition) is 6. The molecule has 0 radical (unpaired) electrons. The van der Waals surface area contributed by atoms with Crippen molar-refractivity contribution in [2.24, 2.45) is 0 Å². The van der Waals surface area contributed by atoms with E-state index >= 15 is 0 Å². The van der Waals surface area contributed by atoms with Crippen molar-refractivity contribution in [3.8, 4) is 0 Å². The average molecular weight is 397 g/mol. The molecule has 1 aromatic carbocycles. The second-order valence-corrected chi connectivity index (χ2v) is 10.7. The fraction of sp³-hybridized carbons (Fsp3) is 0.389. The van der Waals surface area contributed by atoms with E-state index in [4.69, 9.17) is 9.05 Å². The van der Waals surface area contributed by atoms with Crippen LogP contribution in [0.25, 0.3) is 0 Å². The molecule has 1 heterocycles. The first kappa shape index (κ1) is 20.8. The minimum atomic E-state index is -4.13. The van der Waals surface area contributed by atoms with Crippen LogP contribution in [-0.4, -0.2) is 25.6 Å². The van der Waals surface area contributed by atoms with E-state index in [0.717, 1.165) is 0 Å². The quantitative estimate of drug-likeness (QED) is 0.606. The fourth-order valence-corrected chi connectivity index (χ4v) is 7.69. The van der Waals surface area contributed by atoms with Crippen molar-refractivity contribution < 1.29 is 22.0 Å². The number of sulfone groups is 1. The van der Waals surface area contributed by atoms with E-state index in [2.05, 4.69) is 4.98 Å². The fourth-order valence-electron chi connectivity index (χ4n) is 2.50. The Labute approximate surface area is 155 Å². The molecule has 2 rings (SSSR count). The van der Waals surface area contributed by atoms with Gasteiger partial charge in [-0.3, -0.25) is 4.57 Å². The van der Waals surface area contributed by atoms with Crippen LogP contribution in [0.3, 0.4) is 0 Å². The molecule has 1 aromatic heterocycles. The highest BCUT2D eigenvalue weighted by molar-refractivity contribution is 7.98. The van der Waals surface area contributed by atoms with Crippen molar-refractivity contribution >= 4 is 17.4 Å². The minimum absolute atomic E-state index is 0.172. The second kappa shape index (κ2) is 8.44. The Hall–Kier alpha value is -1.53. The molecule has 8 heteroatoms. The first-order chi connectivity index (χ1) is 12.2. The topological polar surface area (TPSA) is 82.6 Å². The Morgan fingerprint density at radius 1 is 0.885 bits per heavy atom. The summed E-state index contributed by atoms with van der Waals surface area (Å²) in [5.41, 5.74) is 0.336. The van der Waals surface area contributed by atoms with Crippen LogP contribution in [0.1, 0.15) is 38.2 Å². The van der Waals surface area contributed by atoms with Gasteiger partial charge in [0.25, 0.3) is 0 Å². The summed E-state index contributed by atoms with van der Waals surface area (Å²) in [5, 5.41) is -0.172. The molecule has 0 saturated carbocycles. The normalized spacial score (nSPS) is 13.9. The highest BCUT2D eigenvalue weighted by Gasteiger charge is 2.48. The Kier molecular flexibility index (Phi) is 6.74. The molecule has 0 fully saturated rings. The standard InChI is InChI=1S/C18H24NO5PS/c1-14(2)23-25(20,24-15(3)4)18(16-10-6-5-7-11-16)26(21,22)17-12-8-9-13-19-17/h5-15,18H,1-4H3. The summed E-state index contributed by atoms with van der Waals surface area (Å²) in [6, 6.07) is 12.9. The molecule has 1 unspecified atom stereocenters. The molecule has 0 aliphatic heterocycles. The molecule has 1 atom stereocenters. The summed E-state index contributed by atoms with van der Waals surface area (Å²) in [6.45, 7) is 6.75. The van der Waals surface area contributed by atoms with Crippen molar-refractivity contribution in [1.82, 2.24) is 4.98 Å². The first-order valence-corrected chi connectivity index (χ1v) is 11.5. The van der Waals surface area contributed by atoms with E-state index < -0.39 is 34.6 Å². The summed E-state index contributed by atoms with van der Waals surface area (Å²) in [5.74, 6) is 0. The molecule has 0 N–H and O–H groups in total. The van der Waals surface area contributed by atoms with Crippen LogP contribution in [0, 0.1) is 0 Å². The van der Waals surface area contributed by atoms with Gasteiger partial charge in [0.05, 0.1) is 12.2 Å². The number of nitrogens with zero attached hydrogens (tertiary/aromatic N) is 1. The molecule has 6 nitrogen and oxygen atoms in total. The predicted molar refractivity (Wildman–Crippen MR) is 101 cm³/mol. The summed E-state index contributed by atoms with van der Waals surface area (Å²) < 4.78 is 51.6. The Morgan fingerprint density at radius 2 is 1.42 bits per heavy atom. The van der Waals surface area contributed by atoms with E-state index in [1.165, 1.54) is 12.3 Å². The van der Waals surface area contributed by atoms with Gasteiger partial charge in [0.15, 0.2) is 10.0 Å². The van der Waals surface area contributed by atoms with Gasteiger partial charge in [-0.05, 0) is 45.4 Å². The third-order valence-electron chi connectivity index (χ3n) is 3.31. The van der Waals surface area contributed by atoms with E-state index in [1.807, 2.05) is 0 Å². The van der Waals surface area contributed by atoms with Gasteiger partial charge in [-0.25, -0.2) is 13.4 Å². The highest BCUT2D eigenvalue weighted by atomic mass is 32.2. The van der Waals surface area contributed by atoms with Gasteiger partial charge in [-0.1, -0.05) is 36.4 Å². The maximum Gasteiger partial charge on any atom is 0.354 e. The van der Waals surface area contributed by atoms with Gasteiger partial charge < -0.3 is 9.05 Å². The third kappa shape index (κ3) is 4.80. The molecule has 142 valence electrons. The second-order valence-electron chi connectivity index (χ2n) is 6.32.